The summed E-state index contributed by atoms with van der Waals surface area (Å²) in [7, 11) is 5.81. The largest absolute Gasteiger partial charge is 0.463 e. The average molecular weight is 222 g/mol. The molecule has 16 heavy (non-hydrogen) atoms. The van der Waals surface area contributed by atoms with Crippen molar-refractivity contribution in [2.24, 2.45) is 14.1 Å². The zero-order chi connectivity index (χ0) is 12.3. The number of aromatic nitrogens is 2. The van der Waals surface area contributed by atoms with Gasteiger partial charge in [-0.05, 0) is 13.8 Å². The van der Waals surface area contributed by atoms with E-state index in [0.29, 0.717) is 0 Å². The molecule has 0 bridgehead atoms. The van der Waals surface area contributed by atoms with Crippen molar-refractivity contribution < 1.29 is 14.1 Å². The molecule has 1 atom stereocenters. The summed E-state index contributed by atoms with van der Waals surface area (Å²) in [4.78, 5) is 11.6. The second kappa shape index (κ2) is 5.19. The molecule has 1 aromatic rings. The second-order valence-electron chi connectivity index (χ2n) is 4.32. The Morgan fingerprint density at radius 1 is 1.50 bits per heavy atom. The number of esters is 1. The molecule has 0 N–H and O–H groups in total. The first-order valence-corrected chi connectivity index (χ1v) is 5.48. The van der Waals surface area contributed by atoms with Crippen molar-refractivity contribution in [2.45, 2.75) is 32.7 Å². The number of rotatable bonds is 4. The van der Waals surface area contributed by atoms with Crippen LogP contribution in [0.5, 0.6) is 0 Å². The van der Waals surface area contributed by atoms with E-state index in [2.05, 4.69) is 0 Å². The monoisotopic (exact) mass is 222 g/mol. The van der Waals surface area contributed by atoms with Gasteiger partial charge in [-0.25, -0.2) is 9.13 Å². The summed E-state index contributed by atoms with van der Waals surface area (Å²) in [5.41, 5.74) is 0.994. The number of aryl methyl sites for hydroxylation is 2. The van der Waals surface area contributed by atoms with E-state index in [-0.39, 0.29) is 17.9 Å². The highest BCUT2D eigenvalue weighted by Crippen LogP contribution is 2.05. The van der Waals surface area contributed by atoms with Crippen LogP contribution in [0.15, 0.2) is 12.4 Å². The van der Waals surface area contributed by atoms with Crippen molar-refractivity contribution in [3.05, 3.63) is 12.4 Å². The van der Waals surface area contributed by atoms with Crippen LogP contribution in [-0.4, -0.2) is 23.9 Å². The van der Waals surface area contributed by atoms with Crippen molar-refractivity contribution in [3.8, 4) is 0 Å². The molecule has 4 nitrogen and oxygen atoms in total. The van der Waals surface area contributed by atoms with Gasteiger partial charge >= 0.3 is 5.97 Å². The normalized spacial score (nSPS) is 12.6. The molecule has 1 heterocycles. The van der Waals surface area contributed by atoms with E-state index in [1.165, 1.54) is 0 Å². The van der Waals surface area contributed by atoms with Crippen LogP contribution in [0, 0.1) is 0 Å². The van der Waals surface area contributed by atoms with Crippen LogP contribution in [-0.2, 0) is 23.6 Å². The van der Waals surface area contributed by atoms with Gasteiger partial charge in [0.15, 0.2) is 5.72 Å². The van der Waals surface area contributed by atoms with Crippen LogP contribution in [0.4, 0.5) is 0 Å². The van der Waals surface area contributed by atoms with Crippen molar-refractivity contribution in [2.75, 3.05) is 0 Å². The maximum Gasteiger partial charge on any atom is 0.301 e. The average Bonchev–Trinajstić information content (AvgIpc) is 2.48. The van der Waals surface area contributed by atoms with Gasteiger partial charge in [-0.15, -0.1) is 0 Å². The molecule has 0 aliphatic heterocycles. The van der Waals surface area contributed by atoms with Crippen LogP contribution < -0.4 is 10.3 Å². The Bertz CT molecular complexity index is 355. The minimum Gasteiger partial charge on any atom is -0.463 e. The lowest BCUT2D eigenvalue weighted by atomic mass is 9.64. The fourth-order valence-corrected chi connectivity index (χ4v) is 1.47. The van der Waals surface area contributed by atoms with Gasteiger partial charge < -0.3 is 4.74 Å². The Morgan fingerprint density at radius 3 is 2.56 bits per heavy atom. The fraction of sp³-hybridized carbons (Fsp3) is 0.636. The van der Waals surface area contributed by atoms with Gasteiger partial charge in [0, 0.05) is 5.82 Å². The zero-order valence-corrected chi connectivity index (χ0v) is 10.6. The van der Waals surface area contributed by atoms with Crippen LogP contribution >= 0.6 is 0 Å². The summed E-state index contributed by atoms with van der Waals surface area (Å²) in [6.45, 7) is 5.55. The molecule has 1 aromatic heterocycles. The molecule has 1 radical (unpaired) electrons. The molecule has 0 saturated carbocycles. The van der Waals surface area contributed by atoms with E-state index in [4.69, 9.17) is 4.74 Å². The molecular formula is C11H19BN2O2+. The highest BCUT2D eigenvalue weighted by atomic mass is 16.5. The third kappa shape index (κ3) is 3.12. The molecule has 0 aromatic carbocycles. The molecule has 1 rings (SSSR count). The van der Waals surface area contributed by atoms with Gasteiger partial charge in [0.1, 0.15) is 12.4 Å². The van der Waals surface area contributed by atoms with E-state index in [1.807, 2.05) is 63.7 Å². The van der Waals surface area contributed by atoms with E-state index in [0.717, 1.165) is 5.72 Å². The zero-order valence-electron chi connectivity index (χ0n) is 10.6. The first-order valence-electron chi connectivity index (χ1n) is 5.48. The number of hydrogen-bond donors (Lipinski definition) is 0. The topological polar surface area (TPSA) is 35.1 Å². The van der Waals surface area contributed by atoms with Gasteiger partial charge in [-0.1, -0.05) is 6.92 Å². The Labute approximate surface area is 97.5 Å². The molecule has 0 aliphatic rings. The molecule has 0 spiro atoms. The maximum absolute atomic E-state index is 11.6. The quantitative estimate of drug-likeness (QED) is 0.406. The Morgan fingerprint density at radius 2 is 2.12 bits per heavy atom. The van der Waals surface area contributed by atoms with E-state index in [9.17, 15) is 4.79 Å². The first kappa shape index (κ1) is 12.8. The second-order valence-corrected chi connectivity index (χ2v) is 4.32. The lowest BCUT2D eigenvalue weighted by Gasteiger charge is -2.11. The summed E-state index contributed by atoms with van der Waals surface area (Å²) in [5.74, 6) is -0.418. The fourth-order valence-electron chi connectivity index (χ4n) is 1.47. The number of imidazole rings is 1. The molecule has 0 fully saturated rings. The lowest BCUT2D eigenvalue weighted by Crippen LogP contribution is -2.51. The highest BCUT2D eigenvalue weighted by molar-refractivity contribution is 6.56. The molecule has 5 heteroatoms. The summed E-state index contributed by atoms with van der Waals surface area (Å²) >= 11 is 0. The van der Waals surface area contributed by atoms with Crippen molar-refractivity contribution >= 4 is 19.0 Å². The van der Waals surface area contributed by atoms with E-state index < -0.39 is 0 Å². The number of carbonyl (C=O) groups is 1. The van der Waals surface area contributed by atoms with Gasteiger partial charge in [0.2, 0.25) is 0 Å². The third-order valence-electron chi connectivity index (χ3n) is 2.36. The van der Waals surface area contributed by atoms with Crippen molar-refractivity contribution in [1.29, 1.82) is 0 Å². The van der Waals surface area contributed by atoms with Crippen LogP contribution in [0.2, 0.25) is 5.82 Å². The summed E-state index contributed by atoms with van der Waals surface area (Å²) in [6.07, 6.45) is 3.84. The lowest BCUT2D eigenvalue weighted by molar-refractivity contribution is -0.653. The minimum absolute atomic E-state index is 0.0643. The minimum atomic E-state index is -0.234. The summed E-state index contributed by atoms with van der Waals surface area (Å²) < 4.78 is 9.09. The van der Waals surface area contributed by atoms with Crippen LogP contribution in [0.1, 0.15) is 20.8 Å². The predicted molar refractivity (Wildman–Crippen MR) is 62.6 cm³/mol. The van der Waals surface area contributed by atoms with Gasteiger partial charge in [0.25, 0.3) is 7.28 Å². The molecule has 0 amide bonds. The molecule has 0 saturated heterocycles. The Hall–Kier alpha value is -1.26. The molecule has 1 unspecified atom stereocenters. The van der Waals surface area contributed by atoms with E-state index >= 15 is 0 Å². The molecule has 0 aliphatic carbocycles. The number of carbonyl (C=O) groups excluding carboxylic acids is 1. The van der Waals surface area contributed by atoms with Crippen LogP contribution in [0.25, 0.3) is 0 Å². The number of ether oxygens (including phenoxy) is 1. The SMILES string of the molecule is CC(C)OC(=O)C(C)[B]c1n(C)cc[n+]1C. The van der Waals surface area contributed by atoms with Gasteiger partial charge in [0.05, 0.1) is 20.2 Å². The van der Waals surface area contributed by atoms with Gasteiger partial charge in [-0.3, -0.25) is 4.79 Å². The van der Waals surface area contributed by atoms with Gasteiger partial charge in [-0.2, -0.15) is 0 Å². The van der Waals surface area contributed by atoms with Crippen LogP contribution in [0.3, 0.4) is 0 Å². The van der Waals surface area contributed by atoms with E-state index in [1.54, 1.807) is 0 Å². The highest BCUT2D eigenvalue weighted by Gasteiger charge is 2.24. The standard InChI is InChI=1S/C11H19BN2O2/c1-8(2)16-10(15)9(3)12-11-13(4)6-7-14(11)5/h6-9H,1-5H3/q+1. The number of nitrogens with zero attached hydrogens (tertiary/aromatic N) is 2. The van der Waals surface area contributed by atoms with Crippen molar-refractivity contribution in [1.82, 2.24) is 4.57 Å². The van der Waals surface area contributed by atoms with Crippen molar-refractivity contribution in [3.63, 3.8) is 0 Å². The summed E-state index contributed by atoms with van der Waals surface area (Å²) in [6, 6.07) is 0. The first-order chi connectivity index (χ1) is 7.41. The third-order valence-corrected chi connectivity index (χ3v) is 2.36. The molecular weight excluding hydrogens is 203 g/mol. The number of hydrogen-bond acceptors (Lipinski definition) is 2. The smallest absolute Gasteiger partial charge is 0.301 e. The Kier molecular flexibility index (Phi) is 4.15. The summed E-state index contributed by atoms with van der Waals surface area (Å²) in [5, 5.41) is 0. The maximum atomic E-state index is 11.6. The Balaban J connectivity index is 2.64. The molecule has 87 valence electrons. The predicted octanol–water partition coefficient (Wildman–Crippen LogP) is -0.0609.